The number of fused-ring (bicyclic) bond motifs is 1. The van der Waals surface area contributed by atoms with E-state index in [0.29, 0.717) is 18.7 Å². The molecule has 0 unspecified atom stereocenters. The van der Waals surface area contributed by atoms with Gasteiger partial charge in [0, 0.05) is 29.4 Å². The van der Waals surface area contributed by atoms with E-state index in [2.05, 4.69) is 26.0 Å². The number of nitrogens with two attached hydrogens (primary N) is 1. The van der Waals surface area contributed by atoms with Gasteiger partial charge in [0.1, 0.15) is 5.82 Å². The molecule has 7 nitrogen and oxygen atoms in total. The lowest BCUT2D eigenvalue weighted by molar-refractivity contribution is -0.142. The minimum atomic E-state index is -0.703. The average molecular weight is 404 g/mol. The van der Waals surface area contributed by atoms with Crippen molar-refractivity contribution in [1.82, 2.24) is 19.6 Å². The van der Waals surface area contributed by atoms with Crippen molar-refractivity contribution in [2.24, 2.45) is 5.92 Å². The van der Waals surface area contributed by atoms with Crippen molar-refractivity contribution in [2.45, 2.75) is 31.6 Å². The zero-order valence-corrected chi connectivity index (χ0v) is 15.0. The molecule has 0 amide bonds. The van der Waals surface area contributed by atoms with Gasteiger partial charge in [0.05, 0.1) is 22.3 Å². The first-order chi connectivity index (χ1) is 12.1. The third-order valence-electron chi connectivity index (χ3n) is 5.02. The number of aromatic nitrogens is 4. The summed E-state index contributed by atoms with van der Waals surface area (Å²) in [6, 6.07) is 1.97. The minimum Gasteiger partial charge on any atom is -0.481 e. The maximum Gasteiger partial charge on any atom is 0.306 e. The molecule has 1 aliphatic carbocycles. The highest BCUT2D eigenvalue weighted by Gasteiger charge is 2.30. The molecule has 1 saturated carbocycles. The number of aromatic amines is 1. The molecule has 0 spiro atoms. The Morgan fingerprint density at radius 3 is 2.76 bits per heavy atom. The van der Waals surface area contributed by atoms with Crippen molar-refractivity contribution in [3.05, 3.63) is 34.8 Å². The highest BCUT2D eigenvalue weighted by Crippen LogP contribution is 2.40. The molecular formula is C17H18BrN5O2. The second-order valence-electron chi connectivity index (χ2n) is 6.48. The Labute approximate surface area is 152 Å². The third-order valence-corrected chi connectivity index (χ3v) is 5.83. The maximum atomic E-state index is 11.2. The van der Waals surface area contributed by atoms with Crippen LogP contribution in [0.15, 0.2) is 29.1 Å². The van der Waals surface area contributed by atoms with Gasteiger partial charge in [0.25, 0.3) is 0 Å². The lowest BCUT2D eigenvalue weighted by Crippen LogP contribution is -2.21. The van der Waals surface area contributed by atoms with Crippen molar-refractivity contribution in [3.8, 4) is 11.1 Å². The summed E-state index contributed by atoms with van der Waals surface area (Å²) in [7, 11) is 0. The highest BCUT2D eigenvalue weighted by atomic mass is 79.9. The van der Waals surface area contributed by atoms with Gasteiger partial charge in [-0.1, -0.05) is 0 Å². The summed E-state index contributed by atoms with van der Waals surface area (Å²) in [6.07, 6.45) is 8.45. The van der Waals surface area contributed by atoms with Crippen LogP contribution in [0.4, 0.5) is 5.82 Å². The van der Waals surface area contributed by atoms with Crippen molar-refractivity contribution >= 4 is 33.4 Å². The van der Waals surface area contributed by atoms with Gasteiger partial charge in [-0.15, -0.1) is 0 Å². The van der Waals surface area contributed by atoms with E-state index in [1.165, 1.54) is 0 Å². The molecule has 0 aliphatic heterocycles. The molecule has 3 heterocycles. The summed E-state index contributed by atoms with van der Waals surface area (Å²) in [5, 5.41) is 13.6. The standard InChI is InChI=1S/C17H18BrN5O2/c18-13-14(9-1-3-10(4-2-9)17(24)25)22-16-12(11-5-6-20-7-11)8-21-23(16)15(13)19/h5-10,20H,1-4,19H2,(H,24,25)/t9-,10-. The van der Waals surface area contributed by atoms with Crippen molar-refractivity contribution in [1.29, 1.82) is 0 Å². The van der Waals surface area contributed by atoms with Gasteiger partial charge in [0.15, 0.2) is 5.65 Å². The highest BCUT2D eigenvalue weighted by molar-refractivity contribution is 9.10. The van der Waals surface area contributed by atoms with E-state index in [-0.39, 0.29) is 11.8 Å². The molecule has 3 aromatic heterocycles. The normalized spacial score (nSPS) is 20.8. The zero-order valence-electron chi connectivity index (χ0n) is 13.4. The molecule has 3 aromatic rings. The number of nitrogen functional groups attached to an aromatic ring is 1. The van der Waals surface area contributed by atoms with Crippen LogP contribution in [0.5, 0.6) is 0 Å². The Balaban J connectivity index is 1.76. The molecule has 4 N–H and O–H groups in total. The number of halogens is 1. The van der Waals surface area contributed by atoms with E-state index in [1.54, 1.807) is 10.7 Å². The fraction of sp³-hybridized carbons (Fsp3) is 0.353. The molecule has 0 atom stereocenters. The van der Waals surface area contributed by atoms with Crippen LogP contribution in [0.25, 0.3) is 16.8 Å². The van der Waals surface area contributed by atoms with Gasteiger partial charge >= 0.3 is 5.97 Å². The molecule has 0 aromatic carbocycles. The molecule has 0 bridgehead atoms. The first kappa shape index (κ1) is 16.1. The Hall–Kier alpha value is -2.35. The fourth-order valence-corrected chi connectivity index (χ4v) is 4.17. The van der Waals surface area contributed by atoms with Gasteiger partial charge in [0.2, 0.25) is 0 Å². The summed E-state index contributed by atoms with van der Waals surface area (Å²) < 4.78 is 2.39. The van der Waals surface area contributed by atoms with Crippen LogP contribution in [-0.4, -0.2) is 30.7 Å². The van der Waals surface area contributed by atoms with Crippen LogP contribution in [0, 0.1) is 5.92 Å². The SMILES string of the molecule is Nc1c(Br)c([C@H]2CC[C@H](C(=O)O)CC2)nc2c(-c3cc[nH]c3)cnn12. The smallest absolute Gasteiger partial charge is 0.306 e. The quantitative estimate of drug-likeness (QED) is 0.620. The fourth-order valence-electron chi connectivity index (χ4n) is 3.59. The molecule has 1 aliphatic rings. The number of anilines is 1. The Morgan fingerprint density at radius 2 is 2.12 bits per heavy atom. The van der Waals surface area contributed by atoms with E-state index in [1.807, 2.05) is 18.5 Å². The number of carboxylic acids is 1. The number of H-pyrrole nitrogens is 1. The second-order valence-corrected chi connectivity index (χ2v) is 7.27. The van der Waals surface area contributed by atoms with Gasteiger partial charge < -0.3 is 15.8 Å². The number of aliphatic carboxylic acids is 1. The Bertz CT molecular complexity index is 926. The molecule has 0 radical (unpaired) electrons. The molecule has 0 saturated heterocycles. The number of nitrogens with one attached hydrogen (secondary N) is 1. The molecule has 130 valence electrons. The van der Waals surface area contributed by atoms with Gasteiger partial charge in [-0.25, -0.2) is 4.98 Å². The van der Waals surface area contributed by atoms with Gasteiger partial charge in [-0.2, -0.15) is 9.61 Å². The van der Waals surface area contributed by atoms with E-state index < -0.39 is 5.97 Å². The molecule has 8 heteroatoms. The first-order valence-corrected chi connectivity index (χ1v) is 9.04. The maximum absolute atomic E-state index is 11.2. The van der Waals surface area contributed by atoms with Crippen LogP contribution in [0.2, 0.25) is 0 Å². The predicted molar refractivity (Wildman–Crippen MR) is 97.2 cm³/mol. The van der Waals surface area contributed by atoms with Crippen LogP contribution in [0.3, 0.4) is 0 Å². The van der Waals surface area contributed by atoms with Crippen LogP contribution >= 0.6 is 15.9 Å². The van der Waals surface area contributed by atoms with Crippen molar-refractivity contribution in [2.75, 3.05) is 5.73 Å². The lowest BCUT2D eigenvalue weighted by atomic mass is 9.80. The summed E-state index contributed by atoms with van der Waals surface area (Å²) in [5.41, 5.74) is 9.81. The van der Waals surface area contributed by atoms with E-state index in [9.17, 15) is 9.90 Å². The summed E-state index contributed by atoms with van der Waals surface area (Å²) >= 11 is 3.57. The first-order valence-electron chi connectivity index (χ1n) is 8.25. The molecule has 1 fully saturated rings. The Kier molecular flexibility index (Phi) is 3.99. The van der Waals surface area contributed by atoms with E-state index in [0.717, 1.165) is 39.8 Å². The number of rotatable bonds is 3. The topological polar surface area (TPSA) is 109 Å². The molecule has 4 rings (SSSR count). The van der Waals surface area contributed by atoms with E-state index in [4.69, 9.17) is 10.7 Å². The van der Waals surface area contributed by atoms with Crippen molar-refractivity contribution < 1.29 is 9.90 Å². The lowest BCUT2D eigenvalue weighted by Gasteiger charge is -2.26. The second kappa shape index (κ2) is 6.18. The summed E-state index contributed by atoms with van der Waals surface area (Å²) in [5.74, 6) is -0.235. The number of hydrogen-bond acceptors (Lipinski definition) is 4. The molecular weight excluding hydrogens is 386 g/mol. The predicted octanol–water partition coefficient (Wildman–Crippen LogP) is 3.43. The summed E-state index contributed by atoms with van der Waals surface area (Å²) in [4.78, 5) is 19.1. The number of hydrogen-bond donors (Lipinski definition) is 3. The van der Waals surface area contributed by atoms with E-state index >= 15 is 0 Å². The van der Waals surface area contributed by atoms with Crippen molar-refractivity contribution in [3.63, 3.8) is 0 Å². The van der Waals surface area contributed by atoms with Crippen LogP contribution in [-0.2, 0) is 4.79 Å². The number of carbonyl (C=O) groups is 1. The average Bonchev–Trinajstić information content (AvgIpc) is 3.27. The third kappa shape index (κ3) is 2.70. The van der Waals surface area contributed by atoms with Crippen LogP contribution in [0.1, 0.15) is 37.3 Å². The minimum absolute atomic E-state index is 0.200. The monoisotopic (exact) mass is 403 g/mol. The van der Waals surface area contributed by atoms with Gasteiger partial charge in [-0.05, 0) is 47.7 Å². The Morgan fingerprint density at radius 1 is 1.36 bits per heavy atom. The largest absolute Gasteiger partial charge is 0.481 e. The van der Waals surface area contributed by atoms with Crippen LogP contribution < -0.4 is 5.73 Å². The number of nitrogens with zero attached hydrogens (tertiary/aromatic N) is 3. The zero-order chi connectivity index (χ0) is 17.6. The summed E-state index contributed by atoms with van der Waals surface area (Å²) in [6.45, 7) is 0. The molecule has 25 heavy (non-hydrogen) atoms. The van der Waals surface area contributed by atoms with Gasteiger partial charge in [-0.3, -0.25) is 4.79 Å². The number of carboxylic acid groups (broad SMARTS) is 1.